The molecule has 0 bridgehead atoms. The average molecular weight is 322 g/mol. The van der Waals surface area contributed by atoms with Gasteiger partial charge in [-0.15, -0.1) is 0 Å². The van der Waals surface area contributed by atoms with Gasteiger partial charge >= 0.3 is 0 Å². The Kier molecular flexibility index (Phi) is 6.23. The summed E-state index contributed by atoms with van der Waals surface area (Å²) >= 11 is 0. The third-order valence-corrected chi connectivity index (χ3v) is 4.59. The van der Waals surface area contributed by atoms with Crippen LogP contribution in [0, 0.1) is 12.3 Å². The van der Waals surface area contributed by atoms with Gasteiger partial charge in [0.25, 0.3) is 0 Å². The van der Waals surface area contributed by atoms with Crippen molar-refractivity contribution in [2.24, 2.45) is 5.41 Å². The predicted molar refractivity (Wildman–Crippen MR) is 94.4 cm³/mol. The maximum atomic E-state index is 9.43. The molecule has 5 heteroatoms. The van der Waals surface area contributed by atoms with Crippen LogP contribution in [0.15, 0.2) is 6.20 Å². The van der Waals surface area contributed by atoms with Gasteiger partial charge in [-0.2, -0.15) is 5.10 Å². The number of aliphatic hydroxyl groups excluding tert-OH is 1. The highest BCUT2D eigenvalue weighted by atomic mass is 16.3. The SMILES string of the molecule is CCn1cc(CN2CCN(CC(C)(C)C)[C@@H](CCO)C2)c(C)n1. The first-order chi connectivity index (χ1) is 10.8. The molecule has 2 rings (SSSR count). The quantitative estimate of drug-likeness (QED) is 0.871. The first-order valence-electron chi connectivity index (χ1n) is 8.92. The fourth-order valence-corrected chi connectivity index (χ4v) is 3.46. The van der Waals surface area contributed by atoms with Gasteiger partial charge < -0.3 is 5.11 Å². The lowest BCUT2D eigenvalue weighted by Crippen LogP contribution is -2.54. The summed E-state index contributed by atoms with van der Waals surface area (Å²) < 4.78 is 2.02. The zero-order valence-electron chi connectivity index (χ0n) is 15.5. The average Bonchev–Trinajstić information content (AvgIpc) is 2.81. The highest BCUT2D eigenvalue weighted by Gasteiger charge is 2.29. The normalized spacial score (nSPS) is 21.0. The molecule has 1 fully saturated rings. The molecule has 1 aliphatic heterocycles. The van der Waals surface area contributed by atoms with Gasteiger partial charge in [0.05, 0.1) is 5.69 Å². The molecule has 0 saturated carbocycles. The Bertz CT molecular complexity index is 492. The lowest BCUT2D eigenvalue weighted by atomic mass is 9.94. The fourth-order valence-electron chi connectivity index (χ4n) is 3.46. The molecule has 0 aromatic carbocycles. The highest BCUT2D eigenvalue weighted by molar-refractivity contribution is 5.15. The minimum absolute atomic E-state index is 0.270. The monoisotopic (exact) mass is 322 g/mol. The molecule has 1 aromatic rings. The van der Waals surface area contributed by atoms with E-state index in [1.165, 1.54) is 5.56 Å². The second kappa shape index (κ2) is 7.77. The Balaban J connectivity index is 1.99. The first-order valence-corrected chi connectivity index (χ1v) is 8.92. The van der Waals surface area contributed by atoms with E-state index in [9.17, 15) is 5.11 Å². The summed E-state index contributed by atoms with van der Waals surface area (Å²) in [5.41, 5.74) is 2.77. The van der Waals surface area contributed by atoms with Crippen LogP contribution in [-0.2, 0) is 13.1 Å². The van der Waals surface area contributed by atoms with E-state index in [1.807, 2.05) is 4.68 Å². The molecule has 0 radical (unpaired) electrons. The molecule has 1 aromatic heterocycles. The Morgan fingerprint density at radius 2 is 2.04 bits per heavy atom. The molecule has 5 nitrogen and oxygen atoms in total. The van der Waals surface area contributed by atoms with Crippen molar-refractivity contribution in [1.29, 1.82) is 0 Å². The number of piperazine rings is 1. The number of rotatable bonds is 6. The molecular weight excluding hydrogens is 288 g/mol. The van der Waals surface area contributed by atoms with Gasteiger partial charge in [-0.3, -0.25) is 14.5 Å². The second-order valence-corrected chi connectivity index (χ2v) is 8.03. The van der Waals surface area contributed by atoms with Gasteiger partial charge in [0.2, 0.25) is 0 Å². The van der Waals surface area contributed by atoms with Gasteiger partial charge in [0, 0.05) is 63.7 Å². The number of aliphatic hydroxyl groups is 1. The molecule has 1 aliphatic rings. The van der Waals surface area contributed by atoms with Crippen LogP contribution >= 0.6 is 0 Å². The number of aryl methyl sites for hydroxylation is 2. The Morgan fingerprint density at radius 3 is 2.61 bits per heavy atom. The summed E-state index contributed by atoms with van der Waals surface area (Å²) in [7, 11) is 0. The number of hydrogen-bond donors (Lipinski definition) is 1. The summed E-state index contributed by atoms with van der Waals surface area (Å²) in [6.45, 7) is 17.6. The maximum Gasteiger partial charge on any atom is 0.0638 e. The largest absolute Gasteiger partial charge is 0.396 e. The van der Waals surface area contributed by atoms with Gasteiger partial charge in [-0.05, 0) is 25.7 Å². The fraction of sp³-hybridized carbons (Fsp3) is 0.833. The zero-order valence-corrected chi connectivity index (χ0v) is 15.5. The van der Waals surface area contributed by atoms with Crippen LogP contribution < -0.4 is 0 Å². The molecule has 1 saturated heterocycles. The Labute approximate surface area is 141 Å². The molecule has 23 heavy (non-hydrogen) atoms. The van der Waals surface area contributed by atoms with Crippen LogP contribution in [0.3, 0.4) is 0 Å². The van der Waals surface area contributed by atoms with Gasteiger partial charge in [0.1, 0.15) is 0 Å². The van der Waals surface area contributed by atoms with E-state index in [0.29, 0.717) is 11.5 Å². The van der Waals surface area contributed by atoms with Crippen LogP contribution in [0.1, 0.15) is 45.4 Å². The number of nitrogens with zero attached hydrogens (tertiary/aromatic N) is 4. The van der Waals surface area contributed by atoms with Crippen LogP contribution in [0.2, 0.25) is 0 Å². The summed E-state index contributed by atoms with van der Waals surface area (Å²) in [6, 6.07) is 0.453. The summed E-state index contributed by atoms with van der Waals surface area (Å²) in [5.74, 6) is 0. The van der Waals surface area contributed by atoms with E-state index in [4.69, 9.17) is 0 Å². The molecule has 0 unspecified atom stereocenters. The van der Waals surface area contributed by atoms with Crippen LogP contribution in [0.4, 0.5) is 0 Å². The lowest BCUT2D eigenvalue weighted by Gasteiger charge is -2.43. The number of aromatic nitrogens is 2. The Morgan fingerprint density at radius 1 is 1.30 bits per heavy atom. The van der Waals surface area contributed by atoms with Gasteiger partial charge in [0.15, 0.2) is 0 Å². The van der Waals surface area contributed by atoms with Crippen molar-refractivity contribution in [2.75, 3.05) is 32.8 Å². The van der Waals surface area contributed by atoms with Crippen molar-refractivity contribution in [2.45, 2.75) is 60.2 Å². The molecule has 0 spiro atoms. The van der Waals surface area contributed by atoms with Crippen molar-refractivity contribution in [1.82, 2.24) is 19.6 Å². The van der Waals surface area contributed by atoms with Crippen molar-refractivity contribution in [3.05, 3.63) is 17.5 Å². The third kappa shape index (κ3) is 5.30. The highest BCUT2D eigenvalue weighted by Crippen LogP contribution is 2.22. The van der Waals surface area contributed by atoms with Crippen molar-refractivity contribution < 1.29 is 5.11 Å². The maximum absolute atomic E-state index is 9.43. The smallest absolute Gasteiger partial charge is 0.0638 e. The summed E-state index contributed by atoms with van der Waals surface area (Å²) in [4.78, 5) is 5.08. The molecule has 0 amide bonds. The van der Waals surface area contributed by atoms with E-state index in [2.05, 4.69) is 55.7 Å². The van der Waals surface area contributed by atoms with Crippen molar-refractivity contribution in [3.8, 4) is 0 Å². The van der Waals surface area contributed by atoms with E-state index in [1.54, 1.807) is 0 Å². The van der Waals surface area contributed by atoms with E-state index >= 15 is 0 Å². The molecular formula is C18H34N4O. The van der Waals surface area contributed by atoms with Gasteiger partial charge in [-0.1, -0.05) is 20.8 Å². The van der Waals surface area contributed by atoms with Crippen LogP contribution in [0.25, 0.3) is 0 Å². The van der Waals surface area contributed by atoms with E-state index in [0.717, 1.165) is 51.4 Å². The minimum atomic E-state index is 0.270. The van der Waals surface area contributed by atoms with E-state index < -0.39 is 0 Å². The summed E-state index contributed by atoms with van der Waals surface area (Å²) in [6.07, 6.45) is 3.04. The van der Waals surface area contributed by atoms with Crippen molar-refractivity contribution >= 4 is 0 Å². The molecule has 132 valence electrons. The molecule has 1 atom stereocenters. The molecule has 0 aliphatic carbocycles. The topological polar surface area (TPSA) is 44.5 Å². The van der Waals surface area contributed by atoms with Gasteiger partial charge in [-0.25, -0.2) is 0 Å². The molecule has 1 N–H and O–H groups in total. The van der Waals surface area contributed by atoms with E-state index in [-0.39, 0.29) is 6.61 Å². The lowest BCUT2D eigenvalue weighted by molar-refractivity contribution is 0.0339. The second-order valence-electron chi connectivity index (χ2n) is 8.03. The Hall–Kier alpha value is -0.910. The minimum Gasteiger partial charge on any atom is -0.396 e. The molecule has 2 heterocycles. The van der Waals surface area contributed by atoms with Crippen LogP contribution in [0.5, 0.6) is 0 Å². The summed E-state index contributed by atoms with van der Waals surface area (Å²) in [5, 5.41) is 14.0. The predicted octanol–water partition coefficient (Wildman–Crippen LogP) is 2.13. The number of hydrogen-bond acceptors (Lipinski definition) is 4. The van der Waals surface area contributed by atoms with Crippen LogP contribution in [-0.4, -0.2) is 63.5 Å². The van der Waals surface area contributed by atoms with Crippen molar-refractivity contribution in [3.63, 3.8) is 0 Å². The standard InChI is InChI=1S/C18H34N4O/c1-6-22-12-16(15(2)19-22)11-20-8-9-21(14-18(3,4)5)17(13-20)7-10-23/h12,17,23H,6-11,13-14H2,1-5H3/t17-/m0/s1. The zero-order chi connectivity index (χ0) is 17.0. The first kappa shape index (κ1) is 18.4. The third-order valence-electron chi connectivity index (χ3n) is 4.59.